The largest absolute Gasteiger partial charge is 0.309 e. The number of fused-ring (bicyclic) bond motifs is 6. The second kappa shape index (κ2) is 8.22. The maximum Gasteiger partial charge on any atom is 0.0645 e. The maximum absolute atomic E-state index is 8.85. The predicted molar refractivity (Wildman–Crippen MR) is 161 cm³/mol. The summed E-state index contributed by atoms with van der Waals surface area (Å²) in [4.78, 5) is 0. The van der Waals surface area contributed by atoms with Gasteiger partial charge in [0.25, 0.3) is 0 Å². The van der Waals surface area contributed by atoms with E-state index >= 15 is 0 Å². The van der Waals surface area contributed by atoms with Gasteiger partial charge in [-0.1, -0.05) is 103 Å². The topological polar surface area (TPSA) is 9.86 Å². The summed E-state index contributed by atoms with van der Waals surface area (Å²) in [5, 5.41) is 3.32. The molecule has 0 spiro atoms. The first kappa shape index (κ1) is 15.9. The van der Waals surface area contributed by atoms with Crippen LogP contribution >= 0.6 is 0 Å². The highest BCUT2D eigenvalue weighted by molar-refractivity contribution is 6.12. The standard InChI is InChI=1S/C36H24N2/c1-2-12-25(13-3-1)27-14-4-8-18-32(27)38-35-21-11-7-17-30(35)31-24-26(22-23-36(31)38)37-33-19-9-5-15-28(33)29-16-6-10-20-34(29)37/h1-24H/i2D,3D,5D,9D,15D,19D. The second-order valence-corrected chi connectivity index (χ2v) is 9.37. The molecule has 0 atom stereocenters. The quantitative estimate of drug-likeness (QED) is 0.233. The number of aromatic nitrogens is 2. The van der Waals surface area contributed by atoms with Crippen molar-refractivity contribution in [3.05, 3.63) is 145 Å². The fourth-order valence-electron chi connectivity index (χ4n) is 5.72. The van der Waals surface area contributed by atoms with Gasteiger partial charge in [0.05, 0.1) is 36.0 Å². The van der Waals surface area contributed by atoms with E-state index < -0.39 is 0 Å². The molecule has 0 aliphatic carbocycles. The summed E-state index contributed by atoms with van der Waals surface area (Å²) in [6, 6.07) is 35.1. The minimum atomic E-state index is -0.256. The smallest absolute Gasteiger partial charge is 0.0645 e. The van der Waals surface area contributed by atoms with Gasteiger partial charge in [-0.3, -0.25) is 0 Å². The van der Waals surface area contributed by atoms with E-state index in [9.17, 15) is 0 Å². The molecule has 0 fully saturated rings. The molecule has 0 saturated carbocycles. The molecular weight excluding hydrogens is 460 g/mol. The second-order valence-electron chi connectivity index (χ2n) is 9.37. The average Bonchev–Trinajstić information content (AvgIpc) is 3.55. The van der Waals surface area contributed by atoms with Crippen molar-refractivity contribution in [2.45, 2.75) is 0 Å². The first-order chi connectivity index (χ1) is 21.3. The third-order valence-corrected chi connectivity index (χ3v) is 7.32. The molecule has 178 valence electrons. The summed E-state index contributed by atoms with van der Waals surface area (Å²) < 4.78 is 54.9. The van der Waals surface area contributed by atoms with Crippen molar-refractivity contribution in [2.24, 2.45) is 0 Å². The van der Waals surface area contributed by atoms with E-state index in [0.29, 0.717) is 23.0 Å². The van der Waals surface area contributed by atoms with Crippen LogP contribution in [0.4, 0.5) is 0 Å². The Labute approximate surface area is 229 Å². The molecule has 6 aromatic carbocycles. The normalized spacial score (nSPS) is 13.9. The van der Waals surface area contributed by atoms with Crippen LogP contribution in [0.25, 0.3) is 66.1 Å². The van der Waals surface area contributed by atoms with E-state index in [1.807, 2.05) is 65.2 Å². The molecule has 0 saturated heterocycles. The fourth-order valence-corrected chi connectivity index (χ4v) is 5.72. The average molecular weight is 491 g/mol. The van der Waals surface area contributed by atoms with Crippen LogP contribution in [0.3, 0.4) is 0 Å². The first-order valence-electron chi connectivity index (χ1n) is 15.5. The summed E-state index contributed by atoms with van der Waals surface area (Å²) in [5.41, 5.74) is 6.69. The van der Waals surface area contributed by atoms with E-state index in [0.717, 1.165) is 55.2 Å². The molecule has 0 aliphatic rings. The Hall–Kier alpha value is -5.08. The van der Waals surface area contributed by atoms with Gasteiger partial charge in [-0.05, 0) is 48.0 Å². The number of rotatable bonds is 3. The molecule has 2 heterocycles. The number of benzene rings is 6. The van der Waals surface area contributed by atoms with E-state index in [-0.39, 0.29) is 24.2 Å². The van der Waals surface area contributed by atoms with Gasteiger partial charge >= 0.3 is 0 Å². The van der Waals surface area contributed by atoms with Crippen LogP contribution in [0.15, 0.2) is 145 Å². The Kier molecular flexibility index (Phi) is 3.44. The van der Waals surface area contributed by atoms with Crippen LogP contribution < -0.4 is 0 Å². The SMILES string of the molecule is [2H]c1cc([2H])cc(-c2ccccc2-n2c3ccccc3c3cc(-n4c5ccccc5c5c([2H])c([2H])c([2H])c([2H])c54)ccc32)c1. The number of hydrogen-bond acceptors (Lipinski definition) is 0. The summed E-state index contributed by atoms with van der Waals surface area (Å²) in [6.07, 6.45) is 0. The molecule has 0 bridgehead atoms. The molecule has 38 heavy (non-hydrogen) atoms. The zero-order chi connectivity index (χ0) is 30.3. The molecule has 2 heteroatoms. The molecule has 2 nitrogen and oxygen atoms in total. The van der Waals surface area contributed by atoms with Gasteiger partial charge in [0.1, 0.15) is 0 Å². The first-order valence-corrected chi connectivity index (χ1v) is 12.5. The van der Waals surface area contributed by atoms with Gasteiger partial charge in [0.15, 0.2) is 0 Å². The lowest BCUT2D eigenvalue weighted by Crippen LogP contribution is -1.97. The van der Waals surface area contributed by atoms with Gasteiger partial charge in [-0.2, -0.15) is 0 Å². The van der Waals surface area contributed by atoms with Crippen LogP contribution in [0.1, 0.15) is 8.22 Å². The molecule has 8 rings (SSSR count). The number of hydrogen-bond donors (Lipinski definition) is 0. The highest BCUT2D eigenvalue weighted by atomic mass is 15.0. The molecule has 0 amide bonds. The minimum Gasteiger partial charge on any atom is -0.309 e. The zero-order valence-corrected chi connectivity index (χ0v) is 20.3. The van der Waals surface area contributed by atoms with Crippen molar-refractivity contribution < 1.29 is 8.22 Å². The monoisotopic (exact) mass is 490 g/mol. The van der Waals surface area contributed by atoms with Crippen LogP contribution in [0.5, 0.6) is 0 Å². The van der Waals surface area contributed by atoms with Gasteiger partial charge < -0.3 is 9.13 Å². The summed E-state index contributed by atoms with van der Waals surface area (Å²) in [5.74, 6) is 0. The lowest BCUT2D eigenvalue weighted by Gasteiger charge is -2.14. The molecule has 0 unspecified atom stereocenters. The summed E-state index contributed by atoms with van der Waals surface area (Å²) in [7, 11) is 0. The van der Waals surface area contributed by atoms with Gasteiger partial charge in [-0.15, -0.1) is 0 Å². The Bertz CT molecular complexity index is 2450. The van der Waals surface area contributed by atoms with E-state index in [4.69, 9.17) is 8.22 Å². The van der Waals surface area contributed by atoms with Crippen molar-refractivity contribution in [2.75, 3.05) is 0 Å². The highest BCUT2D eigenvalue weighted by Gasteiger charge is 2.17. The Morgan fingerprint density at radius 1 is 0.447 bits per heavy atom. The van der Waals surface area contributed by atoms with Crippen molar-refractivity contribution >= 4 is 43.6 Å². The number of nitrogens with zero attached hydrogens (tertiary/aromatic N) is 2. The van der Waals surface area contributed by atoms with Crippen LogP contribution in [0.2, 0.25) is 0 Å². The van der Waals surface area contributed by atoms with Crippen molar-refractivity contribution in [3.8, 4) is 22.5 Å². The predicted octanol–water partition coefficient (Wildman–Crippen LogP) is 9.55. The minimum absolute atomic E-state index is 0.0437. The Balaban J connectivity index is 1.45. The van der Waals surface area contributed by atoms with E-state index in [2.05, 4.69) is 34.9 Å². The third kappa shape index (κ3) is 3.01. The molecule has 0 radical (unpaired) electrons. The Morgan fingerprint density at radius 2 is 1.11 bits per heavy atom. The zero-order valence-electron chi connectivity index (χ0n) is 26.3. The van der Waals surface area contributed by atoms with E-state index in [1.54, 1.807) is 12.1 Å². The van der Waals surface area contributed by atoms with Crippen LogP contribution in [-0.4, -0.2) is 9.13 Å². The summed E-state index contributed by atoms with van der Waals surface area (Å²) >= 11 is 0. The van der Waals surface area contributed by atoms with Gasteiger partial charge in [-0.25, -0.2) is 0 Å². The van der Waals surface area contributed by atoms with Crippen molar-refractivity contribution in [3.63, 3.8) is 0 Å². The molecule has 8 aromatic rings. The summed E-state index contributed by atoms with van der Waals surface area (Å²) in [6.45, 7) is 0. The molecule has 2 aromatic heterocycles. The van der Waals surface area contributed by atoms with Gasteiger partial charge in [0, 0.05) is 32.8 Å². The lowest BCUT2D eigenvalue weighted by atomic mass is 10.0. The Morgan fingerprint density at radius 3 is 1.95 bits per heavy atom. The molecular formula is C36H24N2. The maximum atomic E-state index is 8.85. The van der Waals surface area contributed by atoms with Crippen molar-refractivity contribution in [1.29, 1.82) is 0 Å². The van der Waals surface area contributed by atoms with Crippen LogP contribution in [-0.2, 0) is 0 Å². The van der Waals surface area contributed by atoms with Crippen LogP contribution in [0, 0.1) is 0 Å². The molecule has 0 aliphatic heterocycles. The molecule has 0 N–H and O–H groups in total. The fraction of sp³-hybridized carbons (Fsp3) is 0. The highest BCUT2D eigenvalue weighted by Crippen LogP contribution is 2.38. The van der Waals surface area contributed by atoms with Gasteiger partial charge in [0.2, 0.25) is 0 Å². The lowest BCUT2D eigenvalue weighted by molar-refractivity contribution is 1.17. The van der Waals surface area contributed by atoms with E-state index in [1.165, 1.54) is 6.07 Å². The third-order valence-electron chi connectivity index (χ3n) is 7.32. The van der Waals surface area contributed by atoms with Crippen molar-refractivity contribution in [1.82, 2.24) is 9.13 Å². The number of para-hydroxylation sites is 4.